The number of aromatic amines is 1. The molecular weight excluding hydrogens is 328 g/mol. The van der Waals surface area contributed by atoms with Gasteiger partial charge in [-0.1, -0.05) is 0 Å². The Bertz CT molecular complexity index is 926. The second-order valence-corrected chi connectivity index (χ2v) is 6.34. The molecule has 0 unspecified atom stereocenters. The number of carbonyl (C=O) groups excluding carboxylic acids is 2. The first kappa shape index (κ1) is 17.7. The highest BCUT2D eigenvalue weighted by atomic mass is 16.5. The smallest absolute Gasteiger partial charge is 0.224 e. The zero-order valence-corrected chi connectivity index (χ0v) is 15.0. The fourth-order valence-electron chi connectivity index (χ4n) is 2.79. The van der Waals surface area contributed by atoms with Gasteiger partial charge in [0.15, 0.2) is 5.78 Å². The topological polar surface area (TPSA) is 71.2 Å². The minimum atomic E-state index is -0.0351. The Labute approximate surface area is 152 Å². The van der Waals surface area contributed by atoms with Crippen LogP contribution in [0, 0.1) is 6.92 Å². The van der Waals surface area contributed by atoms with Crippen LogP contribution >= 0.6 is 0 Å². The lowest BCUT2D eigenvalue weighted by atomic mass is 10.1. The number of fused-ring (bicyclic) bond motifs is 1. The Hall–Kier alpha value is -3.08. The normalized spacial score (nSPS) is 10.7. The number of aromatic nitrogens is 1. The first-order chi connectivity index (χ1) is 12.5. The van der Waals surface area contributed by atoms with Gasteiger partial charge in [0.25, 0.3) is 0 Å². The highest BCUT2D eigenvalue weighted by Gasteiger charge is 2.05. The van der Waals surface area contributed by atoms with Gasteiger partial charge in [-0.05, 0) is 68.8 Å². The SMILES string of the molecule is CC(=O)c1ccc(OCCCC(=O)Nc2ccc3[nH]c(C)cc3c2)cc1. The summed E-state index contributed by atoms with van der Waals surface area (Å²) in [6.07, 6.45) is 1.00. The van der Waals surface area contributed by atoms with Crippen LogP contribution in [-0.2, 0) is 4.79 Å². The number of benzene rings is 2. The molecule has 0 spiro atoms. The number of ether oxygens (including phenoxy) is 1. The summed E-state index contributed by atoms with van der Waals surface area (Å²) in [6.45, 7) is 3.98. The Morgan fingerprint density at radius 1 is 1.08 bits per heavy atom. The van der Waals surface area contributed by atoms with E-state index in [0.29, 0.717) is 30.8 Å². The number of aryl methyl sites for hydroxylation is 1. The Balaban J connectivity index is 1.44. The van der Waals surface area contributed by atoms with E-state index >= 15 is 0 Å². The third kappa shape index (κ3) is 4.51. The van der Waals surface area contributed by atoms with Gasteiger partial charge in [0.1, 0.15) is 5.75 Å². The number of hydrogen-bond acceptors (Lipinski definition) is 3. The molecule has 2 aromatic carbocycles. The van der Waals surface area contributed by atoms with E-state index in [2.05, 4.69) is 16.4 Å². The van der Waals surface area contributed by atoms with Crippen molar-refractivity contribution in [2.45, 2.75) is 26.7 Å². The number of Topliss-reactive ketones (excluding diaryl/α,β-unsaturated/α-hetero) is 1. The van der Waals surface area contributed by atoms with Crippen molar-refractivity contribution in [1.82, 2.24) is 4.98 Å². The molecule has 134 valence electrons. The number of nitrogens with one attached hydrogen (secondary N) is 2. The van der Waals surface area contributed by atoms with E-state index in [1.165, 1.54) is 6.92 Å². The Kier molecular flexibility index (Phi) is 5.37. The second kappa shape index (κ2) is 7.87. The van der Waals surface area contributed by atoms with Gasteiger partial charge in [-0.25, -0.2) is 0 Å². The minimum absolute atomic E-state index is 0.0289. The molecule has 0 bridgehead atoms. The van der Waals surface area contributed by atoms with E-state index in [-0.39, 0.29) is 11.7 Å². The summed E-state index contributed by atoms with van der Waals surface area (Å²) in [5, 5.41) is 4.00. The fourth-order valence-corrected chi connectivity index (χ4v) is 2.79. The molecule has 1 heterocycles. The molecule has 2 N–H and O–H groups in total. The van der Waals surface area contributed by atoms with E-state index < -0.39 is 0 Å². The number of rotatable bonds is 7. The maximum absolute atomic E-state index is 12.1. The first-order valence-electron chi connectivity index (χ1n) is 8.64. The lowest BCUT2D eigenvalue weighted by Crippen LogP contribution is -2.12. The fraction of sp³-hybridized carbons (Fsp3) is 0.238. The van der Waals surface area contributed by atoms with Gasteiger partial charge in [-0.3, -0.25) is 9.59 Å². The molecule has 0 atom stereocenters. The predicted octanol–water partition coefficient (Wildman–Crippen LogP) is 4.48. The van der Waals surface area contributed by atoms with Crippen LogP contribution in [0.3, 0.4) is 0 Å². The van der Waals surface area contributed by atoms with Gasteiger partial charge >= 0.3 is 0 Å². The number of anilines is 1. The molecule has 0 aliphatic carbocycles. The number of hydrogen-bond donors (Lipinski definition) is 2. The lowest BCUT2D eigenvalue weighted by Gasteiger charge is -2.08. The lowest BCUT2D eigenvalue weighted by molar-refractivity contribution is -0.116. The van der Waals surface area contributed by atoms with Crippen molar-refractivity contribution >= 4 is 28.3 Å². The quantitative estimate of drug-likeness (QED) is 0.487. The van der Waals surface area contributed by atoms with E-state index in [9.17, 15) is 9.59 Å². The molecule has 1 aromatic heterocycles. The molecule has 3 aromatic rings. The highest BCUT2D eigenvalue weighted by Crippen LogP contribution is 2.20. The van der Waals surface area contributed by atoms with Crippen molar-refractivity contribution in [2.24, 2.45) is 0 Å². The summed E-state index contributed by atoms with van der Waals surface area (Å²) in [5.74, 6) is 0.692. The highest BCUT2D eigenvalue weighted by molar-refractivity contribution is 5.94. The molecule has 0 saturated heterocycles. The zero-order valence-electron chi connectivity index (χ0n) is 15.0. The second-order valence-electron chi connectivity index (χ2n) is 6.34. The van der Waals surface area contributed by atoms with Gasteiger partial charge in [0.2, 0.25) is 5.91 Å². The van der Waals surface area contributed by atoms with Crippen molar-refractivity contribution < 1.29 is 14.3 Å². The summed E-state index contributed by atoms with van der Waals surface area (Å²) in [4.78, 5) is 26.6. The summed E-state index contributed by atoms with van der Waals surface area (Å²) in [6, 6.07) is 14.9. The molecule has 0 aliphatic rings. The van der Waals surface area contributed by atoms with Crippen molar-refractivity contribution in [1.29, 1.82) is 0 Å². The van der Waals surface area contributed by atoms with Crippen LogP contribution in [0.25, 0.3) is 10.9 Å². The van der Waals surface area contributed by atoms with Gasteiger partial charge < -0.3 is 15.0 Å². The molecule has 3 rings (SSSR count). The summed E-state index contributed by atoms with van der Waals surface area (Å²) in [5.41, 5.74) is 3.61. The van der Waals surface area contributed by atoms with Gasteiger partial charge in [-0.15, -0.1) is 0 Å². The molecule has 5 heteroatoms. The standard InChI is InChI=1S/C21H22N2O3/c1-14-12-17-13-18(7-10-20(17)22-14)23-21(25)4-3-11-26-19-8-5-16(6-9-19)15(2)24/h5-10,12-13,22H,3-4,11H2,1-2H3,(H,23,25). The number of carbonyl (C=O) groups is 2. The molecule has 5 nitrogen and oxygen atoms in total. The maximum Gasteiger partial charge on any atom is 0.224 e. The molecule has 0 radical (unpaired) electrons. The predicted molar refractivity (Wildman–Crippen MR) is 103 cm³/mol. The molecule has 1 amide bonds. The van der Waals surface area contributed by atoms with Gasteiger partial charge in [-0.2, -0.15) is 0 Å². The average Bonchev–Trinajstić information content (AvgIpc) is 2.98. The molecule has 0 saturated carbocycles. The van der Waals surface area contributed by atoms with Crippen molar-refractivity contribution in [2.75, 3.05) is 11.9 Å². The third-order valence-corrected chi connectivity index (χ3v) is 4.12. The van der Waals surface area contributed by atoms with Gasteiger partial charge in [0.05, 0.1) is 6.61 Å². The van der Waals surface area contributed by atoms with Crippen LogP contribution < -0.4 is 10.1 Å². The summed E-state index contributed by atoms with van der Waals surface area (Å²) >= 11 is 0. The van der Waals surface area contributed by atoms with Gasteiger partial charge in [0, 0.05) is 34.3 Å². The Morgan fingerprint density at radius 2 is 1.85 bits per heavy atom. The van der Waals surface area contributed by atoms with Crippen LogP contribution in [0.15, 0.2) is 48.5 Å². The number of ketones is 1. The molecule has 0 fully saturated rings. The maximum atomic E-state index is 12.1. The van der Waals surface area contributed by atoms with E-state index in [1.807, 2.05) is 25.1 Å². The third-order valence-electron chi connectivity index (χ3n) is 4.12. The van der Waals surface area contributed by atoms with Crippen LogP contribution in [0.1, 0.15) is 35.8 Å². The van der Waals surface area contributed by atoms with Crippen LogP contribution in [0.2, 0.25) is 0 Å². The van der Waals surface area contributed by atoms with Crippen molar-refractivity contribution in [3.05, 3.63) is 59.8 Å². The largest absolute Gasteiger partial charge is 0.494 e. The average molecular weight is 350 g/mol. The summed E-state index contributed by atoms with van der Waals surface area (Å²) in [7, 11) is 0. The molecular formula is C21H22N2O3. The van der Waals surface area contributed by atoms with Crippen molar-refractivity contribution in [3.8, 4) is 5.75 Å². The number of amides is 1. The van der Waals surface area contributed by atoms with E-state index in [4.69, 9.17) is 4.74 Å². The van der Waals surface area contributed by atoms with E-state index in [1.54, 1.807) is 24.3 Å². The van der Waals surface area contributed by atoms with Crippen LogP contribution in [-0.4, -0.2) is 23.3 Å². The summed E-state index contributed by atoms with van der Waals surface area (Å²) < 4.78 is 5.61. The number of H-pyrrole nitrogens is 1. The van der Waals surface area contributed by atoms with Crippen LogP contribution in [0.4, 0.5) is 5.69 Å². The minimum Gasteiger partial charge on any atom is -0.494 e. The van der Waals surface area contributed by atoms with Crippen molar-refractivity contribution in [3.63, 3.8) is 0 Å². The molecule has 0 aliphatic heterocycles. The van der Waals surface area contributed by atoms with Crippen LogP contribution in [0.5, 0.6) is 5.75 Å². The monoisotopic (exact) mass is 350 g/mol. The Morgan fingerprint density at radius 3 is 2.58 bits per heavy atom. The molecule has 26 heavy (non-hydrogen) atoms. The van der Waals surface area contributed by atoms with E-state index in [0.717, 1.165) is 22.3 Å². The first-order valence-corrected chi connectivity index (χ1v) is 8.64. The zero-order chi connectivity index (χ0) is 18.5.